The fourth-order valence-corrected chi connectivity index (χ4v) is 3.97. The molecular formula is C26H30N2O5. The van der Waals surface area contributed by atoms with Gasteiger partial charge in [-0.25, -0.2) is 9.59 Å². The van der Waals surface area contributed by atoms with E-state index < -0.39 is 18.1 Å². The Balaban J connectivity index is 1.61. The number of fused-ring (bicyclic) bond motifs is 3. The highest BCUT2D eigenvalue weighted by molar-refractivity contribution is 5.87. The van der Waals surface area contributed by atoms with Gasteiger partial charge in [-0.3, -0.25) is 4.79 Å². The van der Waals surface area contributed by atoms with Crippen molar-refractivity contribution >= 4 is 18.0 Å². The molecule has 2 aromatic rings. The summed E-state index contributed by atoms with van der Waals surface area (Å²) in [5, 5.41) is 14.2. The number of amides is 2. The predicted molar refractivity (Wildman–Crippen MR) is 126 cm³/mol. The van der Waals surface area contributed by atoms with Crippen LogP contribution in [0.3, 0.4) is 0 Å². The van der Waals surface area contributed by atoms with Crippen molar-refractivity contribution in [1.29, 1.82) is 0 Å². The molecule has 0 unspecified atom stereocenters. The Morgan fingerprint density at radius 3 is 2.24 bits per heavy atom. The molecule has 3 rings (SSSR count). The van der Waals surface area contributed by atoms with E-state index in [1.165, 1.54) is 13.0 Å². The van der Waals surface area contributed by atoms with Gasteiger partial charge in [0.15, 0.2) is 0 Å². The van der Waals surface area contributed by atoms with Gasteiger partial charge < -0.3 is 20.5 Å². The van der Waals surface area contributed by atoms with Crippen LogP contribution < -0.4 is 10.6 Å². The third-order valence-corrected chi connectivity index (χ3v) is 5.82. The second-order valence-corrected chi connectivity index (χ2v) is 8.10. The van der Waals surface area contributed by atoms with E-state index in [4.69, 9.17) is 9.84 Å². The third-order valence-electron chi connectivity index (χ3n) is 5.82. The Labute approximate surface area is 193 Å². The van der Waals surface area contributed by atoms with Crippen LogP contribution >= 0.6 is 0 Å². The van der Waals surface area contributed by atoms with Gasteiger partial charge in [0.25, 0.3) is 0 Å². The number of alkyl carbamates (subject to hydrolysis) is 1. The van der Waals surface area contributed by atoms with Gasteiger partial charge in [-0.2, -0.15) is 0 Å². The first-order valence-corrected chi connectivity index (χ1v) is 11.2. The molecule has 0 fully saturated rings. The molecule has 0 bridgehead atoms. The Kier molecular flexibility index (Phi) is 8.24. The molecule has 2 aromatic carbocycles. The maximum atomic E-state index is 12.6. The SMILES string of the molecule is CCCC[C@H](NC(=O)OCC1c2ccccc2-c2ccccc21)C(=O)NC/C=C(\C)C(=O)O. The average Bonchev–Trinajstić information content (AvgIpc) is 3.13. The van der Waals surface area contributed by atoms with Gasteiger partial charge in [0.05, 0.1) is 0 Å². The highest BCUT2D eigenvalue weighted by atomic mass is 16.5. The molecule has 7 nitrogen and oxygen atoms in total. The van der Waals surface area contributed by atoms with Crippen LogP contribution in [0, 0.1) is 0 Å². The quantitative estimate of drug-likeness (QED) is 0.470. The highest BCUT2D eigenvalue weighted by Crippen LogP contribution is 2.44. The minimum atomic E-state index is -1.04. The molecule has 33 heavy (non-hydrogen) atoms. The fourth-order valence-electron chi connectivity index (χ4n) is 3.97. The molecule has 1 aliphatic carbocycles. The van der Waals surface area contributed by atoms with Gasteiger partial charge in [0.1, 0.15) is 12.6 Å². The van der Waals surface area contributed by atoms with Gasteiger partial charge in [-0.1, -0.05) is 74.4 Å². The number of hydrogen-bond donors (Lipinski definition) is 3. The zero-order chi connectivity index (χ0) is 23.8. The van der Waals surface area contributed by atoms with Crippen molar-refractivity contribution in [3.05, 3.63) is 71.3 Å². The van der Waals surface area contributed by atoms with E-state index in [1.807, 2.05) is 43.3 Å². The van der Waals surface area contributed by atoms with E-state index in [2.05, 4.69) is 22.8 Å². The lowest BCUT2D eigenvalue weighted by atomic mass is 9.98. The zero-order valence-electron chi connectivity index (χ0n) is 19.0. The topological polar surface area (TPSA) is 105 Å². The molecule has 174 valence electrons. The van der Waals surface area contributed by atoms with E-state index in [0.29, 0.717) is 6.42 Å². The summed E-state index contributed by atoms with van der Waals surface area (Å²) in [6.45, 7) is 3.70. The molecular weight excluding hydrogens is 420 g/mol. The van der Waals surface area contributed by atoms with Crippen molar-refractivity contribution < 1.29 is 24.2 Å². The summed E-state index contributed by atoms with van der Waals surface area (Å²) in [5.74, 6) is -1.47. The standard InChI is InChI=1S/C26H30N2O5/c1-3-4-13-23(24(29)27-15-14-17(2)25(30)31)28-26(32)33-16-22-20-11-7-5-9-18(20)19-10-6-8-12-21(19)22/h5-12,14,22-23H,3-4,13,15-16H2,1-2H3,(H,27,29)(H,28,32)(H,30,31)/b17-14+/t23-/m0/s1. The van der Waals surface area contributed by atoms with Crippen LogP contribution in [0.1, 0.15) is 50.2 Å². The van der Waals surface area contributed by atoms with Gasteiger partial charge in [0, 0.05) is 18.0 Å². The van der Waals surface area contributed by atoms with Crippen molar-refractivity contribution in [2.75, 3.05) is 13.2 Å². The molecule has 0 radical (unpaired) electrons. The number of ether oxygens (including phenoxy) is 1. The van der Waals surface area contributed by atoms with Gasteiger partial charge in [-0.15, -0.1) is 0 Å². The van der Waals surface area contributed by atoms with Crippen LogP contribution in [0.2, 0.25) is 0 Å². The van der Waals surface area contributed by atoms with Gasteiger partial charge in [-0.05, 0) is 35.6 Å². The summed E-state index contributed by atoms with van der Waals surface area (Å²) in [5.41, 5.74) is 4.67. The smallest absolute Gasteiger partial charge is 0.407 e. The Bertz CT molecular complexity index is 1000. The van der Waals surface area contributed by atoms with Crippen molar-refractivity contribution in [3.8, 4) is 11.1 Å². The number of carbonyl (C=O) groups excluding carboxylic acids is 2. The molecule has 0 saturated heterocycles. The normalized spacial score (nSPS) is 13.6. The first-order valence-electron chi connectivity index (χ1n) is 11.2. The monoisotopic (exact) mass is 450 g/mol. The summed E-state index contributed by atoms with van der Waals surface area (Å²) in [4.78, 5) is 36.0. The number of carboxylic acids is 1. The Morgan fingerprint density at radius 1 is 1.06 bits per heavy atom. The predicted octanol–water partition coefficient (Wildman–Crippen LogP) is 4.23. The first kappa shape index (κ1) is 24.0. The number of carbonyl (C=O) groups is 3. The second-order valence-electron chi connectivity index (χ2n) is 8.10. The van der Waals surface area contributed by atoms with Crippen molar-refractivity contribution in [2.45, 2.75) is 45.1 Å². The van der Waals surface area contributed by atoms with E-state index in [1.54, 1.807) is 0 Å². The molecule has 2 amide bonds. The number of rotatable bonds is 10. The van der Waals surface area contributed by atoms with Crippen molar-refractivity contribution in [3.63, 3.8) is 0 Å². The maximum absolute atomic E-state index is 12.6. The van der Waals surface area contributed by atoms with Gasteiger partial charge >= 0.3 is 12.1 Å². The first-order chi connectivity index (χ1) is 15.9. The highest BCUT2D eigenvalue weighted by Gasteiger charge is 2.29. The molecule has 0 aromatic heterocycles. The summed E-state index contributed by atoms with van der Waals surface area (Å²) in [7, 11) is 0. The molecule has 1 aliphatic rings. The Morgan fingerprint density at radius 2 is 1.67 bits per heavy atom. The third kappa shape index (κ3) is 6.00. The lowest BCUT2D eigenvalue weighted by molar-refractivity contribution is -0.132. The minimum absolute atomic E-state index is 0.0600. The Hall–Kier alpha value is -3.61. The zero-order valence-corrected chi connectivity index (χ0v) is 19.0. The number of aliphatic carboxylic acids is 1. The summed E-state index contributed by atoms with van der Waals surface area (Å²) in [6, 6.07) is 15.4. The number of carboxylic acid groups (broad SMARTS) is 1. The minimum Gasteiger partial charge on any atom is -0.478 e. The molecule has 0 spiro atoms. The van der Waals surface area contributed by atoms with E-state index >= 15 is 0 Å². The largest absolute Gasteiger partial charge is 0.478 e. The second kappa shape index (κ2) is 11.3. The summed E-state index contributed by atoms with van der Waals surface area (Å²) in [6.07, 6.45) is 2.86. The molecule has 0 heterocycles. The number of benzene rings is 2. The van der Waals surface area contributed by atoms with Gasteiger partial charge in [0.2, 0.25) is 5.91 Å². The molecule has 0 aliphatic heterocycles. The molecule has 7 heteroatoms. The molecule has 0 saturated carbocycles. The van der Waals surface area contributed by atoms with E-state index in [-0.39, 0.29) is 30.5 Å². The van der Waals surface area contributed by atoms with Crippen LogP contribution in [-0.4, -0.2) is 42.3 Å². The number of hydrogen-bond acceptors (Lipinski definition) is 4. The van der Waals surface area contributed by atoms with Crippen LogP contribution in [0.25, 0.3) is 11.1 Å². The van der Waals surface area contributed by atoms with Crippen LogP contribution in [0.5, 0.6) is 0 Å². The number of unbranched alkanes of at least 4 members (excludes halogenated alkanes) is 1. The van der Waals surface area contributed by atoms with Crippen molar-refractivity contribution in [2.24, 2.45) is 0 Å². The lowest BCUT2D eigenvalue weighted by Gasteiger charge is -2.19. The summed E-state index contributed by atoms with van der Waals surface area (Å²) < 4.78 is 5.55. The van der Waals surface area contributed by atoms with Crippen LogP contribution in [-0.2, 0) is 14.3 Å². The fraction of sp³-hybridized carbons (Fsp3) is 0.346. The molecule has 3 N–H and O–H groups in total. The lowest BCUT2D eigenvalue weighted by Crippen LogP contribution is -2.47. The maximum Gasteiger partial charge on any atom is 0.407 e. The molecule has 1 atom stereocenters. The average molecular weight is 451 g/mol. The van der Waals surface area contributed by atoms with Crippen molar-refractivity contribution in [1.82, 2.24) is 10.6 Å². The van der Waals surface area contributed by atoms with Crippen LogP contribution in [0.15, 0.2) is 60.2 Å². The summed E-state index contributed by atoms with van der Waals surface area (Å²) >= 11 is 0. The van der Waals surface area contributed by atoms with Crippen LogP contribution in [0.4, 0.5) is 4.79 Å². The van der Waals surface area contributed by atoms with E-state index in [9.17, 15) is 14.4 Å². The number of nitrogens with one attached hydrogen (secondary N) is 2. The van der Waals surface area contributed by atoms with E-state index in [0.717, 1.165) is 35.1 Å².